The van der Waals surface area contributed by atoms with Crippen molar-refractivity contribution >= 4 is 12.0 Å². The Morgan fingerprint density at radius 2 is 1.48 bits per heavy atom. The summed E-state index contributed by atoms with van der Waals surface area (Å²) in [6.07, 6.45) is 1.88. The molecule has 0 aliphatic carbocycles. The molecule has 0 bridgehead atoms. The lowest BCUT2D eigenvalue weighted by Gasteiger charge is -2.21. The van der Waals surface area contributed by atoms with Crippen molar-refractivity contribution in [2.24, 2.45) is 5.73 Å². The Kier molecular flexibility index (Phi) is 8.01. The van der Waals surface area contributed by atoms with Crippen LogP contribution >= 0.6 is 0 Å². The van der Waals surface area contributed by atoms with Gasteiger partial charge in [0.2, 0.25) is 5.91 Å². The number of primary amides is 1. The number of amides is 2. The second-order valence-electron chi connectivity index (χ2n) is 7.95. The van der Waals surface area contributed by atoms with Crippen LogP contribution in [0.2, 0.25) is 0 Å². The van der Waals surface area contributed by atoms with E-state index in [1.54, 1.807) is 20.8 Å². The average Bonchev–Trinajstić information content (AvgIpc) is 2.65. The van der Waals surface area contributed by atoms with Crippen LogP contribution in [0.4, 0.5) is 4.79 Å². The molecule has 0 aromatic heterocycles. The summed E-state index contributed by atoms with van der Waals surface area (Å²) in [6, 6.07) is 19.7. The summed E-state index contributed by atoms with van der Waals surface area (Å²) in [6.45, 7) is 5.39. The van der Waals surface area contributed by atoms with Gasteiger partial charge in [-0.2, -0.15) is 0 Å². The molecular formula is C24H30N2O3. The zero-order chi connectivity index (χ0) is 21.3. The fraction of sp³-hybridized carbons (Fsp3) is 0.333. The number of benzene rings is 2. The lowest BCUT2D eigenvalue weighted by molar-refractivity contribution is -0.114. The molecule has 0 saturated carbocycles. The first-order valence-corrected chi connectivity index (χ1v) is 9.84. The van der Waals surface area contributed by atoms with Gasteiger partial charge in [0.05, 0.1) is 0 Å². The van der Waals surface area contributed by atoms with Crippen LogP contribution in [0, 0.1) is 0 Å². The number of carbonyl (C=O) groups is 2. The van der Waals surface area contributed by atoms with Crippen molar-refractivity contribution in [3.05, 3.63) is 83.1 Å². The van der Waals surface area contributed by atoms with Gasteiger partial charge in [-0.1, -0.05) is 60.7 Å². The number of nitrogens with two attached hydrogens (primary N) is 1. The fourth-order valence-electron chi connectivity index (χ4n) is 2.97. The molecular weight excluding hydrogens is 364 g/mol. The number of ether oxygens (including phenoxy) is 1. The standard InChI is InChI=1S/C24H30N2O3/c1-24(2,3)29-23(28)26-21(16-10-15-18-11-6-4-7-12-18)20(22(25)27)17-19-13-8-5-9-14-19/h4-9,11-14H,10,15-17H2,1-3H3,(H2,25,27)(H,26,28)/b21-20+. The van der Waals surface area contributed by atoms with E-state index in [9.17, 15) is 9.59 Å². The Labute approximate surface area is 173 Å². The molecule has 2 aromatic rings. The van der Waals surface area contributed by atoms with Crippen LogP contribution in [0.3, 0.4) is 0 Å². The number of rotatable bonds is 8. The van der Waals surface area contributed by atoms with Crippen LogP contribution in [-0.4, -0.2) is 17.6 Å². The van der Waals surface area contributed by atoms with Crippen LogP contribution < -0.4 is 11.1 Å². The van der Waals surface area contributed by atoms with E-state index < -0.39 is 17.6 Å². The third kappa shape index (κ3) is 8.21. The summed E-state index contributed by atoms with van der Waals surface area (Å²) >= 11 is 0. The van der Waals surface area contributed by atoms with Gasteiger partial charge in [-0.3, -0.25) is 10.1 Å². The fourth-order valence-corrected chi connectivity index (χ4v) is 2.97. The molecule has 154 valence electrons. The SMILES string of the molecule is CC(C)(C)OC(=O)N/C(CCCc1ccccc1)=C(\Cc1ccccc1)C(N)=O. The third-order valence-electron chi connectivity index (χ3n) is 4.27. The summed E-state index contributed by atoms with van der Waals surface area (Å²) in [7, 11) is 0. The molecule has 0 heterocycles. The second kappa shape index (κ2) is 10.5. The number of carbonyl (C=O) groups excluding carboxylic acids is 2. The van der Waals surface area contributed by atoms with Crippen LogP contribution in [0.25, 0.3) is 0 Å². The number of hydrogen-bond acceptors (Lipinski definition) is 3. The van der Waals surface area contributed by atoms with E-state index in [1.807, 2.05) is 48.5 Å². The molecule has 5 nitrogen and oxygen atoms in total. The largest absolute Gasteiger partial charge is 0.444 e. The van der Waals surface area contributed by atoms with Crippen LogP contribution in [0.1, 0.15) is 44.7 Å². The van der Waals surface area contributed by atoms with E-state index in [0.717, 1.165) is 18.4 Å². The Morgan fingerprint density at radius 1 is 0.931 bits per heavy atom. The molecule has 0 radical (unpaired) electrons. The maximum atomic E-state index is 12.4. The van der Waals surface area contributed by atoms with Gasteiger partial charge in [0, 0.05) is 17.7 Å². The molecule has 0 unspecified atom stereocenters. The van der Waals surface area contributed by atoms with Crippen molar-refractivity contribution in [1.29, 1.82) is 0 Å². The molecule has 29 heavy (non-hydrogen) atoms. The smallest absolute Gasteiger partial charge is 0.411 e. The van der Waals surface area contributed by atoms with E-state index in [4.69, 9.17) is 10.5 Å². The van der Waals surface area contributed by atoms with Crippen molar-refractivity contribution < 1.29 is 14.3 Å². The first kappa shape index (κ1) is 22.2. The maximum absolute atomic E-state index is 12.4. The Hall–Kier alpha value is -3.08. The second-order valence-corrected chi connectivity index (χ2v) is 7.95. The van der Waals surface area contributed by atoms with Crippen LogP contribution in [-0.2, 0) is 22.4 Å². The zero-order valence-electron chi connectivity index (χ0n) is 17.4. The van der Waals surface area contributed by atoms with E-state index in [-0.39, 0.29) is 0 Å². The Bertz CT molecular complexity index is 837. The van der Waals surface area contributed by atoms with Crippen LogP contribution in [0.5, 0.6) is 0 Å². The molecule has 0 fully saturated rings. The Morgan fingerprint density at radius 3 is 2.00 bits per heavy atom. The van der Waals surface area contributed by atoms with Crippen LogP contribution in [0.15, 0.2) is 71.9 Å². The Balaban J connectivity index is 2.22. The lowest BCUT2D eigenvalue weighted by Crippen LogP contribution is -2.34. The normalized spacial score (nSPS) is 12.1. The van der Waals surface area contributed by atoms with Gasteiger partial charge in [-0.25, -0.2) is 4.79 Å². The topological polar surface area (TPSA) is 81.4 Å². The van der Waals surface area contributed by atoms with Gasteiger partial charge in [-0.05, 0) is 51.2 Å². The van der Waals surface area contributed by atoms with Gasteiger partial charge >= 0.3 is 6.09 Å². The summed E-state index contributed by atoms with van der Waals surface area (Å²) in [4.78, 5) is 24.6. The number of alkyl carbamates (subject to hydrolysis) is 1. The van der Waals surface area contributed by atoms with Gasteiger partial charge in [-0.15, -0.1) is 0 Å². The molecule has 0 aliphatic rings. The average molecular weight is 395 g/mol. The molecule has 2 rings (SSSR count). The highest BCUT2D eigenvalue weighted by atomic mass is 16.6. The number of nitrogens with one attached hydrogen (secondary N) is 1. The monoisotopic (exact) mass is 394 g/mol. The summed E-state index contributed by atoms with van der Waals surface area (Å²) in [5.41, 5.74) is 8.12. The van der Waals surface area contributed by atoms with Crippen molar-refractivity contribution in [3.8, 4) is 0 Å². The molecule has 2 amide bonds. The lowest BCUT2D eigenvalue weighted by atomic mass is 9.99. The summed E-state index contributed by atoms with van der Waals surface area (Å²) in [5, 5.41) is 2.78. The first-order chi connectivity index (χ1) is 13.7. The van der Waals surface area contributed by atoms with Crippen molar-refractivity contribution in [2.45, 2.75) is 52.1 Å². The van der Waals surface area contributed by atoms with Crippen molar-refractivity contribution in [1.82, 2.24) is 5.32 Å². The molecule has 2 aromatic carbocycles. The highest BCUT2D eigenvalue weighted by molar-refractivity contribution is 5.93. The minimum absolute atomic E-state index is 0.354. The molecule has 0 spiro atoms. The number of allylic oxidation sites excluding steroid dienone is 1. The van der Waals surface area contributed by atoms with Crippen molar-refractivity contribution in [2.75, 3.05) is 0 Å². The van der Waals surface area contributed by atoms with E-state index in [0.29, 0.717) is 24.1 Å². The first-order valence-electron chi connectivity index (χ1n) is 9.84. The summed E-state index contributed by atoms with van der Waals surface area (Å²) in [5.74, 6) is -0.542. The van der Waals surface area contributed by atoms with E-state index >= 15 is 0 Å². The highest BCUT2D eigenvalue weighted by Crippen LogP contribution is 2.18. The van der Waals surface area contributed by atoms with Gasteiger partial charge in [0.1, 0.15) is 5.60 Å². The van der Waals surface area contributed by atoms with Crippen molar-refractivity contribution in [3.63, 3.8) is 0 Å². The van der Waals surface area contributed by atoms with Gasteiger partial charge in [0.15, 0.2) is 0 Å². The predicted molar refractivity (Wildman–Crippen MR) is 115 cm³/mol. The predicted octanol–water partition coefficient (Wildman–Crippen LogP) is 4.52. The van der Waals surface area contributed by atoms with E-state index in [1.165, 1.54) is 5.56 Å². The maximum Gasteiger partial charge on any atom is 0.411 e. The highest BCUT2D eigenvalue weighted by Gasteiger charge is 2.20. The molecule has 3 N–H and O–H groups in total. The van der Waals surface area contributed by atoms with Gasteiger partial charge < -0.3 is 10.5 Å². The third-order valence-corrected chi connectivity index (χ3v) is 4.27. The molecule has 0 saturated heterocycles. The minimum Gasteiger partial charge on any atom is -0.444 e. The number of hydrogen-bond donors (Lipinski definition) is 2. The summed E-state index contributed by atoms with van der Waals surface area (Å²) < 4.78 is 5.38. The zero-order valence-corrected chi connectivity index (χ0v) is 17.4. The molecule has 0 atom stereocenters. The van der Waals surface area contributed by atoms with E-state index in [2.05, 4.69) is 17.4 Å². The minimum atomic E-state index is -0.633. The van der Waals surface area contributed by atoms with Gasteiger partial charge in [0.25, 0.3) is 0 Å². The molecule has 0 aliphatic heterocycles. The number of aryl methyl sites for hydroxylation is 1. The molecule has 5 heteroatoms. The quantitative estimate of drug-likeness (QED) is 0.646.